The Morgan fingerprint density at radius 2 is 1.89 bits per heavy atom. The van der Waals surface area contributed by atoms with E-state index in [1.807, 2.05) is 0 Å². The minimum absolute atomic E-state index is 0.398. The van der Waals surface area contributed by atoms with Crippen LogP contribution >= 0.6 is 0 Å². The molecular formula is C16H32N2O. The Morgan fingerprint density at radius 3 is 2.68 bits per heavy atom. The molecular weight excluding hydrogens is 236 g/mol. The first-order chi connectivity index (χ1) is 9.31. The van der Waals surface area contributed by atoms with Gasteiger partial charge in [0.05, 0.1) is 6.10 Å². The van der Waals surface area contributed by atoms with E-state index in [1.54, 1.807) is 0 Å². The van der Waals surface area contributed by atoms with Crippen molar-refractivity contribution < 1.29 is 4.74 Å². The van der Waals surface area contributed by atoms with Gasteiger partial charge in [0, 0.05) is 31.8 Å². The molecule has 1 heterocycles. The van der Waals surface area contributed by atoms with Gasteiger partial charge in [-0.2, -0.15) is 0 Å². The Morgan fingerprint density at radius 1 is 1.11 bits per heavy atom. The number of nitrogens with one attached hydrogen (secondary N) is 1. The third kappa shape index (κ3) is 4.73. The van der Waals surface area contributed by atoms with Crippen molar-refractivity contribution in [1.82, 2.24) is 10.2 Å². The molecule has 1 aliphatic heterocycles. The van der Waals surface area contributed by atoms with Gasteiger partial charge in [0.15, 0.2) is 0 Å². The zero-order chi connectivity index (χ0) is 13.5. The standard InChI is InChI=1S/C16H32N2O/c1-3-17-15-9-6-4-5-7-10-16(15)18-11-8-12-19-14(2)13-18/h14-17H,3-13H2,1-2H3. The predicted molar refractivity (Wildman–Crippen MR) is 80.6 cm³/mol. The summed E-state index contributed by atoms with van der Waals surface area (Å²) in [5.74, 6) is 0. The van der Waals surface area contributed by atoms with Crippen LogP contribution in [0.4, 0.5) is 0 Å². The van der Waals surface area contributed by atoms with Crippen LogP contribution in [0.15, 0.2) is 0 Å². The molecule has 0 aromatic rings. The molecule has 19 heavy (non-hydrogen) atoms. The Hall–Kier alpha value is -0.120. The van der Waals surface area contributed by atoms with E-state index < -0.39 is 0 Å². The molecule has 1 N–H and O–H groups in total. The van der Waals surface area contributed by atoms with E-state index >= 15 is 0 Å². The molecule has 1 saturated heterocycles. The summed E-state index contributed by atoms with van der Waals surface area (Å²) < 4.78 is 5.81. The molecule has 2 fully saturated rings. The van der Waals surface area contributed by atoms with Crippen LogP contribution in [-0.4, -0.2) is 49.3 Å². The van der Waals surface area contributed by atoms with Gasteiger partial charge in [-0.3, -0.25) is 4.90 Å². The lowest BCUT2D eigenvalue weighted by Gasteiger charge is -2.39. The molecule has 3 unspecified atom stereocenters. The quantitative estimate of drug-likeness (QED) is 0.852. The molecule has 2 rings (SSSR count). The van der Waals surface area contributed by atoms with Crippen LogP contribution in [0.25, 0.3) is 0 Å². The first kappa shape index (κ1) is 15.3. The van der Waals surface area contributed by atoms with Gasteiger partial charge < -0.3 is 10.1 Å². The summed E-state index contributed by atoms with van der Waals surface area (Å²) in [7, 11) is 0. The Kier molecular flexibility index (Phi) is 6.62. The van der Waals surface area contributed by atoms with Crippen molar-refractivity contribution in [2.45, 2.75) is 77.0 Å². The Bertz CT molecular complexity index is 247. The van der Waals surface area contributed by atoms with E-state index in [-0.39, 0.29) is 0 Å². The van der Waals surface area contributed by atoms with Crippen molar-refractivity contribution in [3.8, 4) is 0 Å². The van der Waals surface area contributed by atoms with Gasteiger partial charge in [-0.25, -0.2) is 0 Å². The van der Waals surface area contributed by atoms with Gasteiger partial charge in [0.2, 0.25) is 0 Å². The topological polar surface area (TPSA) is 24.5 Å². The minimum Gasteiger partial charge on any atom is -0.377 e. The van der Waals surface area contributed by atoms with Gasteiger partial charge in [-0.15, -0.1) is 0 Å². The monoisotopic (exact) mass is 268 g/mol. The third-order valence-electron chi connectivity index (χ3n) is 4.65. The van der Waals surface area contributed by atoms with Crippen LogP contribution in [0.5, 0.6) is 0 Å². The maximum absolute atomic E-state index is 5.81. The van der Waals surface area contributed by atoms with Gasteiger partial charge in [-0.05, 0) is 32.7 Å². The third-order valence-corrected chi connectivity index (χ3v) is 4.65. The molecule has 0 radical (unpaired) electrons. The van der Waals surface area contributed by atoms with Crippen molar-refractivity contribution in [3.63, 3.8) is 0 Å². The maximum Gasteiger partial charge on any atom is 0.0674 e. The van der Waals surface area contributed by atoms with E-state index in [4.69, 9.17) is 4.74 Å². The van der Waals surface area contributed by atoms with Crippen LogP contribution in [-0.2, 0) is 4.74 Å². The van der Waals surface area contributed by atoms with E-state index in [0.29, 0.717) is 12.1 Å². The van der Waals surface area contributed by atoms with Crippen LogP contribution in [0, 0.1) is 0 Å². The second kappa shape index (κ2) is 8.23. The number of ether oxygens (including phenoxy) is 1. The highest BCUT2D eigenvalue weighted by Crippen LogP contribution is 2.23. The molecule has 1 saturated carbocycles. The highest BCUT2D eigenvalue weighted by Gasteiger charge is 2.29. The van der Waals surface area contributed by atoms with Crippen molar-refractivity contribution >= 4 is 0 Å². The average molecular weight is 268 g/mol. The normalized spacial score (nSPS) is 35.4. The van der Waals surface area contributed by atoms with Crippen molar-refractivity contribution in [3.05, 3.63) is 0 Å². The fourth-order valence-electron chi connectivity index (χ4n) is 3.73. The van der Waals surface area contributed by atoms with Crippen molar-refractivity contribution in [1.29, 1.82) is 0 Å². The highest BCUT2D eigenvalue weighted by atomic mass is 16.5. The summed E-state index contributed by atoms with van der Waals surface area (Å²) in [4.78, 5) is 2.72. The number of rotatable bonds is 3. The molecule has 0 aromatic carbocycles. The van der Waals surface area contributed by atoms with Crippen LogP contribution in [0.3, 0.4) is 0 Å². The molecule has 3 nitrogen and oxygen atoms in total. The van der Waals surface area contributed by atoms with Crippen molar-refractivity contribution in [2.24, 2.45) is 0 Å². The second-order valence-electron chi connectivity index (χ2n) is 6.25. The molecule has 0 spiro atoms. The van der Waals surface area contributed by atoms with E-state index in [9.17, 15) is 0 Å². The molecule has 0 aromatic heterocycles. The van der Waals surface area contributed by atoms with Gasteiger partial charge in [0.25, 0.3) is 0 Å². The zero-order valence-corrected chi connectivity index (χ0v) is 12.9. The molecule has 3 heteroatoms. The lowest BCUT2D eigenvalue weighted by atomic mass is 9.90. The lowest BCUT2D eigenvalue weighted by molar-refractivity contribution is 0.0528. The number of hydrogen-bond acceptors (Lipinski definition) is 3. The number of nitrogens with zero attached hydrogens (tertiary/aromatic N) is 1. The first-order valence-corrected chi connectivity index (χ1v) is 8.40. The average Bonchev–Trinajstić information content (AvgIpc) is 2.58. The molecule has 1 aliphatic carbocycles. The van der Waals surface area contributed by atoms with Crippen LogP contribution < -0.4 is 5.32 Å². The van der Waals surface area contributed by atoms with Crippen LogP contribution in [0.2, 0.25) is 0 Å². The van der Waals surface area contributed by atoms with Crippen molar-refractivity contribution in [2.75, 3.05) is 26.2 Å². The van der Waals surface area contributed by atoms with E-state index in [2.05, 4.69) is 24.1 Å². The predicted octanol–water partition coefficient (Wildman–Crippen LogP) is 2.80. The summed E-state index contributed by atoms with van der Waals surface area (Å²) in [6.07, 6.45) is 9.96. The maximum atomic E-state index is 5.81. The smallest absolute Gasteiger partial charge is 0.0674 e. The molecule has 2 aliphatic rings. The summed E-state index contributed by atoms with van der Waals surface area (Å²) in [5.41, 5.74) is 0. The van der Waals surface area contributed by atoms with Gasteiger partial charge in [-0.1, -0.05) is 32.6 Å². The SMILES string of the molecule is CCNC1CCCCCCC1N1CCCOC(C)C1. The first-order valence-electron chi connectivity index (χ1n) is 8.40. The summed E-state index contributed by atoms with van der Waals surface area (Å²) in [6.45, 7) is 8.84. The van der Waals surface area contributed by atoms with E-state index in [0.717, 1.165) is 25.7 Å². The Labute approximate surface area is 119 Å². The largest absolute Gasteiger partial charge is 0.377 e. The lowest BCUT2D eigenvalue weighted by Crippen LogP contribution is -2.52. The molecule has 112 valence electrons. The fraction of sp³-hybridized carbons (Fsp3) is 1.00. The molecule has 0 amide bonds. The zero-order valence-electron chi connectivity index (χ0n) is 12.9. The van der Waals surface area contributed by atoms with Crippen LogP contribution in [0.1, 0.15) is 58.8 Å². The van der Waals surface area contributed by atoms with Gasteiger partial charge in [0.1, 0.15) is 0 Å². The minimum atomic E-state index is 0.398. The number of hydrogen-bond donors (Lipinski definition) is 1. The Balaban J connectivity index is 2.01. The highest BCUT2D eigenvalue weighted by molar-refractivity contribution is 4.87. The summed E-state index contributed by atoms with van der Waals surface area (Å²) in [6, 6.07) is 1.42. The fourth-order valence-corrected chi connectivity index (χ4v) is 3.73. The number of likely N-dealkylation sites (N-methyl/N-ethyl adjacent to an activating group) is 1. The van der Waals surface area contributed by atoms with E-state index in [1.165, 1.54) is 51.5 Å². The second-order valence-corrected chi connectivity index (χ2v) is 6.25. The molecule has 3 atom stereocenters. The summed E-state index contributed by atoms with van der Waals surface area (Å²) >= 11 is 0. The van der Waals surface area contributed by atoms with Gasteiger partial charge >= 0.3 is 0 Å². The summed E-state index contributed by atoms with van der Waals surface area (Å²) in [5, 5.41) is 3.75. The molecule has 0 bridgehead atoms.